The van der Waals surface area contributed by atoms with E-state index in [1.54, 1.807) is 17.9 Å². The Bertz CT molecular complexity index is 362. The molecule has 3 nitrogen and oxygen atoms in total. The molecule has 1 atom stereocenters. The maximum absolute atomic E-state index is 12.0. The van der Waals surface area contributed by atoms with Crippen molar-refractivity contribution in [2.24, 2.45) is 0 Å². The normalized spacial score (nSPS) is 11.9. The van der Waals surface area contributed by atoms with Crippen molar-refractivity contribution in [2.45, 2.75) is 19.6 Å². The Morgan fingerprint density at radius 2 is 2.12 bits per heavy atom. The van der Waals surface area contributed by atoms with Crippen LogP contribution in [0, 0.1) is 0 Å². The van der Waals surface area contributed by atoms with Crippen LogP contribution in [0.15, 0.2) is 43.0 Å². The fourth-order valence-corrected chi connectivity index (χ4v) is 1.55. The molecular weight excluding hydrogens is 214 g/mol. The molecule has 0 aliphatic carbocycles. The monoisotopic (exact) mass is 233 g/mol. The zero-order valence-corrected chi connectivity index (χ0v) is 10.4. The molecule has 1 amide bonds. The van der Waals surface area contributed by atoms with Gasteiger partial charge in [-0.2, -0.15) is 0 Å². The molecule has 0 spiro atoms. The van der Waals surface area contributed by atoms with Gasteiger partial charge in [-0.15, -0.1) is 6.58 Å². The SMILES string of the molecule is C=CCN(Cc1ccccc1)C(=O)C(C)OC. The van der Waals surface area contributed by atoms with E-state index in [0.29, 0.717) is 13.1 Å². The van der Waals surface area contributed by atoms with Crippen LogP contribution in [0.5, 0.6) is 0 Å². The molecule has 0 aromatic heterocycles. The van der Waals surface area contributed by atoms with E-state index in [4.69, 9.17) is 4.74 Å². The van der Waals surface area contributed by atoms with E-state index in [-0.39, 0.29) is 5.91 Å². The van der Waals surface area contributed by atoms with E-state index in [1.807, 2.05) is 30.3 Å². The van der Waals surface area contributed by atoms with Crippen LogP contribution in [0.4, 0.5) is 0 Å². The molecule has 0 saturated carbocycles. The van der Waals surface area contributed by atoms with Crippen molar-refractivity contribution in [3.05, 3.63) is 48.6 Å². The van der Waals surface area contributed by atoms with Crippen LogP contribution in [0.1, 0.15) is 12.5 Å². The molecule has 0 aliphatic heterocycles. The minimum atomic E-state index is -0.418. The Labute approximate surface area is 103 Å². The number of benzene rings is 1. The van der Waals surface area contributed by atoms with Gasteiger partial charge in [-0.3, -0.25) is 4.79 Å². The highest BCUT2D eigenvalue weighted by Gasteiger charge is 2.19. The Morgan fingerprint density at radius 1 is 1.47 bits per heavy atom. The number of nitrogens with zero attached hydrogens (tertiary/aromatic N) is 1. The maximum atomic E-state index is 12.0. The van der Waals surface area contributed by atoms with Crippen LogP contribution < -0.4 is 0 Å². The molecule has 1 aromatic rings. The first-order valence-electron chi connectivity index (χ1n) is 5.65. The molecule has 92 valence electrons. The molecule has 1 aromatic carbocycles. The van der Waals surface area contributed by atoms with E-state index in [0.717, 1.165) is 5.56 Å². The number of methoxy groups -OCH3 is 1. The molecule has 0 saturated heterocycles. The van der Waals surface area contributed by atoms with Gasteiger partial charge in [0.25, 0.3) is 5.91 Å². The van der Waals surface area contributed by atoms with Crippen LogP contribution in [0.3, 0.4) is 0 Å². The van der Waals surface area contributed by atoms with E-state index in [9.17, 15) is 4.79 Å². The van der Waals surface area contributed by atoms with Gasteiger partial charge in [0.1, 0.15) is 6.10 Å². The van der Waals surface area contributed by atoms with Crippen LogP contribution in [-0.4, -0.2) is 30.6 Å². The molecule has 0 bridgehead atoms. The Kier molecular flexibility index (Phi) is 5.43. The summed E-state index contributed by atoms with van der Waals surface area (Å²) >= 11 is 0. The number of ether oxygens (including phenoxy) is 1. The minimum Gasteiger partial charge on any atom is -0.372 e. The summed E-state index contributed by atoms with van der Waals surface area (Å²) in [7, 11) is 1.54. The lowest BCUT2D eigenvalue weighted by Gasteiger charge is -2.24. The minimum absolute atomic E-state index is 0.0174. The summed E-state index contributed by atoms with van der Waals surface area (Å²) in [5.41, 5.74) is 1.10. The van der Waals surface area contributed by atoms with Crippen molar-refractivity contribution in [1.82, 2.24) is 4.90 Å². The zero-order chi connectivity index (χ0) is 12.7. The number of carbonyl (C=O) groups is 1. The largest absolute Gasteiger partial charge is 0.372 e. The van der Waals surface area contributed by atoms with Gasteiger partial charge in [0.15, 0.2) is 0 Å². The van der Waals surface area contributed by atoms with Crippen molar-refractivity contribution in [3.63, 3.8) is 0 Å². The molecule has 0 N–H and O–H groups in total. The van der Waals surface area contributed by atoms with Crippen molar-refractivity contribution in [2.75, 3.05) is 13.7 Å². The topological polar surface area (TPSA) is 29.5 Å². The van der Waals surface area contributed by atoms with E-state index < -0.39 is 6.10 Å². The molecule has 0 radical (unpaired) electrons. The third-order valence-electron chi connectivity index (χ3n) is 2.58. The highest BCUT2D eigenvalue weighted by atomic mass is 16.5. The summed E-state index contributed by atoms with van der Waals surface area (Å²) < 4.78 is 5.05. The van der Waals surface area contributed by atoms with Gasteiger partial charge >= 0.3 is 0 Å². The van der Waals surface area contributed by atoms with Gasteiger partial charge in [-0.05, 0) is 12.5 Å². The number of hydrogen-bond donors (Lipinski definition) is 0. The highest BCUT2D eigenvalue weighted by Crippen LogP contribution is 2.07. The van der Waals surface area contributed by atoms with E-state index in [1.165, 1.54) is 7.11 Å². The van der Waals surface area contributed by atoms with Gasteiger partial charge in [-0.1, -0.05) is 36.4 Å². The first kappa shape index (κ1) is 13.5. The Balaban J connectivity index is 2.72. The fourth-order valence-electron chi connectivity index (χ4n) is 1.55. The second-order valence-corrected chi connectivity index (χ2v) is 3.87. The summed E-state index contributed by atoms with van der Waals surface area (Å²) in [6.45, 7) is 6.54. The third kappa shape index (κ3) is 4.04. The van der Waals surface area contributed by atoms with E-state index in [2.05, 4.69) is 6.58 Å². The molecule has 3 heteroatoms. The van der Waals surface area contributed by atoms with E-state index >= 15 is 0 Å². The first-order chi connectivity index (χ1) is 8.19. The summed E-state index contributed by atoms with van der Waals surface area (Å²) in [6, 6.07) is 9.89. The Morgan fingerprint density at radius 3 is 2.65 bits per heavy atom. The molecule has 1 rings (SSSR count). The predicted molar refractivity (Wildman–Crippen MR) is 68.5 cm³/mol. The van der Waals surface area contributed by atoms with Gasteiger partial charge in [0.2, 0.25) is 0 Å². The summed E-state index contributed by atoms with van der Waals surface area (Å²) in [5.74, 6) is -0.0174. The van der Waals surface area contributed by atoms with Crippen LogP contribution in [-0.2, 0) is 16.1 Å². The fraction of sp³-hybridized carbons (Fsp3) is 0.357. The van der Waals surface area contributed by atoms with Gasteiger partial charge in [0, 0.05) is 20.2 Å². The smallest absolute Gasteiger partial charge is 0.251 e. The lowest BCUT2D eigenvalue weighted by atomic mass is 10.2. The standard InChI is InChI=1S/C14H19NO2/c1-4-10-15(14(16)12(2)17-3)11-13-8-6-5-7-9-13/h4-9,12H,1,10-11H2,2-3H3. The zero-order valence-electron chi connectivity index (χ0n) is 10.4. The van der Waals surface area contributed by atoms with Crippen molar-refractivity contribution < 1.29 is 9.53 Å². The summed E-state index contributed by atoms with van der Waals surface area (Å²) in [6.07, 6.45) is 1.31. The number of amides is 1. The van der Waals surface area contributed by atoms with Crippen LogP contribution in [0.2, 0.25) is 0 Å². The molecular formula is C14H19NO2. The van der Waals surface area contributed by atoms with Gasteiger partial charge in [0.05, 0.1) is 0 Å². The average molecular weight is 233 g/mol. The number of carbonyl (C=O) groups excluding carboxylic acids is 1. The van der Waals surface area contributed by atoms with Crippen molar-refractivity contribution in [1.29, 1.82) is 0 Å². The first-order valence-corrected chi connectivity index (χ1v) is 5.65. The lowest BCUT2D eigenvalue weighted by Crippen LogP contribution is -2.38. The molecule has 0 aliphatic rings. The lowest BCUT2D eigenvalue weighted by molar-refractivity contribution is -0.141. The Hall–Kier alpha value is -1.61. The van der Waals surface area contributed by atoms with Crippen LogP contribution in [0.25, 0.3) is 0 Å². The second-order valence-electron chi connectivity index (χ2n) is 3.87. The summed E-state index contributed by atoms with van der Waals surface area (Å²) in [5, 5.41) is 0. The van der Waals surface area contributed by atoms with Crippen LogP contribution >= 0.6 is 0 Å². The number of rotatable bonds is 6. The molecule has 17 heavy (non-hydrogen) atoms. The maximum Gasteiger partial charge on any atom is 0.251 e. The number of hydrogen-bond acceptors (Lipinski definition) is 2. The summed E-state index contributed by atoms with van der Waals surface area (Å²) in [4.78, 5) is 13.8. The van der Waals surface area contributed by atoms with Crippen molar-refractivity contribution >= 4 is 5.91 Å². The van der Waals surface area contributed by atoms with Gasteiger partial charge in [-0.25, -0.2) is 0 Å². The predicted octanol–water partition coefficient (Wildman–Crippen LogP) is 2.24. The highest BCUT2D eigenvalue weighted by molar-refractivity contribution is 5.80. The second kappa shape index (κ2) is 6.86. The van der Waals surface area contributed by atoms with Gasteiger partial charge < -0.3 is 9.64 Å². The molecule has 1 unspecified atom stereocenters. The average Bonchev–Trinajstić information content (AvgIpc) is 2.37. The third-order valence-corrected chi connectivity index (χ3v) is 2.58. The van der Waals surface area contributed by atoms with Crippen molar-refractivity contribution in [3.8, 4) is 0 Å². The quantitative estimate of drug-likeness (QED) is 0.705. The molecule has 0 heterocycles. The molecule has 0 fully saturated rings.